The van der Waals surface area contributed by atoms with Gasteiger partial charge in [-0.3, -0.25) is 10.1 Å². The molecule has 0 aliphatic rings. The molecule has 3 rings (SSSR count). The number of carbonyl (C=O) groups is 1. The fraction of sp³-hybridized carbons (Fsp3) is 0.250. The van der Waals surface area contributed by atoms with Gasteiger partial charge in [0.25, 0.3) is 5.91 Å². The van der Waals surface area contributed by atoms with Crippen LogP contribution < -0.4 is 5.32 Å². The number of carbonyl (C=O) groups excluding carboxylic acids is 1. The van der Waals surface area contributed by atoms with Crippen LogP contribution in [-0.2, 0) is 10.0 Å². The number of rotatable bonds is 8. The first-order chi connectivity index (χ1) is 14.4. The fourth-order valence-corrected chi connectivity index (χ4v) is 4.72. The van der Waals surface area contributed by atoms with Crippen molar-refractivity contribution in [3.63, 3.8) is 0 Å². The maximum Gasteiger partial charge on any atom is 0.322 e. The highest BCUT2D eigenvalue weighted by Gasteiger charge is 2.22. The van der Waals surface area contributed by atoms with E-state index < -0.39 is 15.9 Å². The number of amides is 1. The molecular weight excluding hydrogens is 424 g/mol. The number of nitrogens with one attached hydrogen (secondary N) is 1. The number of thioether (sulfide) groups is 1. The molecule has 0 saturated heterocycles. The predicted octanol–water partition coefficient (Wildman–Crippen LogP) is 3.74. The Morgan fingerprint density at radius 2 is 1.80 bits per heavy atom. The van der Waals surface area contributed by atoms with Crippen LogP contribution >= 0.6 is 11.8 Å². The van der Waals surface area contributed by atoms with E-state index in [0.29, 0.717) is 19.0 Å². The van der Waals surface area contributed by atoms with Crippen molar-refractivity contribution in [2.24, 2.45) is 0 Å². The van der Waals surface area contributed by atoms with Gasteiger partial charge < -0.3 is 4.42 Å². The van der Waals surface area contributed by atoms with E-state index in [1.807, 2.05) is 30.5 Å². The number of sulfonamides is 1. The lowest BCUT2D eigenvalue weighted by atomic mass is 10.2. The van der Waals surface area contributed by atoms with E-state index in [2.05, 4.69) is 15.5 Å². The zero-order chi connectivity index (χ0) is 21.7. The van der Waals surface area contributed by atoms with Crippen molar-refractivity contribution < 1.29 is 17.6 Å². The molecule has 1 heterocycles. The van der Waals surface area contributed by atoms with Gasteiger partial charge in [0.05, 0.1) is 4.90 Å². The summed E-state index contributed by atoms with van der Waals surface area (Å²) in [7, 11) is -3.58. The summed E-state index contributed by atoms with van der Waals surface area (Å²) in [5.74, 6) is -0.184. The highest BCUT2D eigenvalue weighted by molar-refractivity contribution is 7.98. The number of benzene rings is 2. The zero-order valence-electron chi connectivity index (χ0n) is 16.8. The monoisotopic (exact) mass is 446 g/mol. The average molecular weight is 447 g/mol. The van der Waals surface area contributed by atoms with Gasteiger partial charge in [-0.25, -0.2) is 8.42 Å². The van der Waals surface area contributed by atoms with Crippen molar-refractivity contribution in [1.29, 1.82) is 0 Å². The smallest absolute Gasteiger partial charge is 0.322 e. The Kier molecular flexibility index (Phi) is 6.91. The molecular formula is C20H22N4O4S2. The normalized spacial score (nSPS) is 11.6. The van der Waals surface area contributed by atoms with Crippen molar-refractivity contribution in [1.82, 2.24) is 14.5 Å². The second kappa shape index (κ2) is 9.41. The van der Waals surface area contributed by atoms with Crippen LogP contribution in [0, 0.1) is 0 Å². The highest BCUT2D eigenvalue weighted by atomic mass is 32.2. The fourth-order valence-electron chi connectivity index (χ4n) is 2.81. The van der Waals surface area contributed by atoms with Crippen LogP contribution in [0.5, 0.6) is 0 Å². The quantitative estimate of drug-likeness (QED) is 0.525. The van der Waals surface area contributed by atoms with Crippen molar-refractivity contribution >= 4 is 33.7 Å². The number of aromatic nitrogens is 2. The van der Waals surface area contributed by atoms with Gasteiger partial charge in [0, 0.05) is 29.1 Å². The Bertz CT molecular complexity index is 1120. The van der Waals surface area contributed by atoms with E-state index in [1.165, 1.54) is 28.6 Å². The SMILES string of the molecule is CCN(CC)S(=O)(=O)c1ccc(C(=O)Nc2nnc(-c3cccc(SC)c3)o2)cc1. The molecule has 1 N–H and O–H groups in total. The Labute approximate surface area is 179 Å². The molecule has 158 valence electrons. The maximum absolute atomic E-state index is 12.5. The molecule has 10 heteroatoms. The summed E-state index contributed by atoms with van der Waals surface area (Å²) in [5, 5.41) is 10.4. The molecule has 0 saturated carbocycles. The van der Waals surface area contributed by atoms with Crippen LogP contribution in [0.2, 0.25) is 0 Å². The highest BCUT2D eigenvalue weighted by Crippen LogP contribution is 2.25. The van der Waals surface area contributed by atoms with E-state index in [9.17, 15) is 13.2 Å². The first-order valence-electron chi connectivity index (χ1n) is 9.28. The minimum atomic E-state index is -3.58. The summed E-state index contributed by atoms with van der Waals surface area (Å²) >= 11 is 1.59. The van der Waals surface area contributed by atoms with E-state index in [1.54, 1.807) is 25.6 Å². The third-order valence-electron chi connectivity index (χ3n) is 4.42. The Hall–Kier alpha value is -2.69. The molecule has 0 spiro atoms. The van der Waals surface area contributed by atoms with Crippen LogP contribution in [0.4, 0.5) is 6.01 Å². The van der Waals surface area contributed by atoms with Crippen LogP contribution in [0.25, 0.3) is 11.5 Å². The average Bonchev–Trinajstić information content (AvgIpc) is 3.23. The molecule has 1 amide bonds. The molecule has 0 bridgehead atoms. The van der Waals surface area contributed by atoms with Crippen LogP contribution in [0.1, 0.15) is 24.2 Å². The third kappa shape index (κ3) is 4.72. The van der Waals surface area contributed by atoms with Gasteiger partial charge in [0.15, 0.2) is 0 Å². The van der Waals surface area contributed by atoms with Crippen molar-refractivity contribution in [3.8, 4) is 11.5 Å². The maximum atomic E-state index is 12.5. The number of hydrogen-bond acceptors (Lipinski definition) is 7. The third-order valence-corrected chi connectivity index (χ3v) is 7.21. The molecule has 0 radical (unpaired) electrons. The molecule has 3 aromatic rings. The number of anilines is 1. The largest absolute Gasteiger partial charge is 0.403 e. The Morgan fingerprint density at radius 3 is 2.43 bits per heavy atom. The summed E-state index contributed by atoms with van der Waals surface area (Å²) in [6, 6.07) is 13.3. The molecule has 30 heavy (non-hydrogen) atoms. The lowest BCUT2D eigenvalue weighted by Crippen LogP contribution is -2.30. The summed E-state index contributed by atoms with van der Waals surface area (Å²) in [6.45, 7) is 4.30. The minimum absolute atomic E-state index is 0.0376. The predicted molar refractivity (Wildman–Crippen MR) is 116 cm³/mol. The molecule has 0 aliphatic carbocycles. The van der Waals surface area contributed by atoms with E-state index in [-0.39, 0.29) is 16.5 Å². The molecule has 0 aliphatic heterocycles. The van der Waals surface area contributed by atoms with Crippen LogP contribution in [0.15, 0.2) is 62.7 Å². The Morgan fingerprint density at radius 1 is 1.10 bits per heavy atom. The van der Waals surface area contributed by atoms with Gasteiger partial charge in [-0.1, -0.05) is 25.0 Å². The summed E-state index contributed by atoms with van der Waals surface area (Å²) in [6.07, 6.45) is 1.97. The van der Waals surface area contributed by atoms with Gasteiger partial charge in [-0.2, -0.15) is 4.31 Å². The minimum Gasteiger partial charge on any atom is -0.403 e. The standard InChI is InChI=1S/C20H22N4O4S2/c1-4-24(5-2)30(26,27)17-11-9-14(10-12-17)18(25)21-20-23-22-19(28-20)15-7-6-8-16(13-15)29-3/h6-13H,4-5H2,1-3H3,(H,21,23,25). The summed E-state index contributed by atoms with van der Waals surface area (Å²) < 4.78 is 32.0. The summed E-state index contributed by atoms with van der Waals surface area (Å²) in [4.78, 5) is 13.7. The second-order valence-electron chi connectivity index (χ2n) is 6.21. The molecule has 0 atom stereocenters. The first-order valence-corrected chi connectivity index (χ1v) is 11.9. The van der Waals surface area contributed by atoms with Crippen molar-refractivity contribution in [3.05, 3.63) is 54.1 Å². The van der Waals surface area contributed by atoms with Gasteiger partial charge in [-0.05, 0) is 48.7 Å². The van der Waals surface area contributed by atoms with Crippen molar-refractivity contribution in [2.75, 3.05) is 24.7 Å². The van der Waals surface area contributed by atoms with Gasteiger partial charge in [0.1, 0.15) is 0 Å². The lowest BCUT2D eigenvalue weighted by molar-refractivity contribution is 0.102. The lowest BCUT2D eigenvalue weighted by Gasteiger charge is -2.18. The molecule has 8 nitrogen and oxygen atoms in total. The number of nitrogens with zero attached hydrogens (tertiary/aromatic N) is 3. The Balaban J connectivity index is 1.73. The first kappa shape index (κ1) is 22.0. The molecule has 1 aromatic heterocycles. The zero-order valence-corrected chi connectivity index (χ0v) is 18.5. The van der Waals surface area contributed by atoms with Gasteiger partial charge in [-0.15, -0.1) is 16.9 Å². The van der Waals surface area contributed by atoms with Crippen molar-refractivity contribution in [2.45, 2.75) is 23.6 Å². The number of hydrogen-bond donors (Lipinski definition) is 1. The molecule has 2 aromatic carbocycles. The van der Waals surface area contributed by atoms with E-state index >= 15 is 0 Å². The summed E-state index contributed by atoms with van der Waals surface area (Å²) in [5.41, 5.74) is 1.03. The van der Waals surface area contributed by atoms with Gasteiger partial charge in [0.2, 0.25) is 15.9 Å². The second-order valence-corrected chi connectivity index (χ2v) is 9.03. The topological polar surface area (TPSA) is 105 Å². The van der Waals surface area contributed by atoms with E-state index in [4.69, 9.17) is 4.42 Å². The molecule has 0 unspecified atom stereocenters. The van der Waals surface area contributed by atoms with Gasteiger partial charge >= 0.3 is 6.01 Å². The van der Waals surface area contributed by atoms with Crippen LogP contribution in [-0.4, -0.2) is 48.2 Å². The van der Waals surface area contributed by atoms with E-state index in [0.717, 1.165) is 10.5 Å². The van der Waals surface area contributed by atoms with Crippen LogP contribution in [0.3, 0.4) is 0 Å². The molecule has 0 fully saturated rings.